The molecule has 27 atom stereocenters. The summed E-state index contributed by atoms with van der Waals surface area (Å²) in [7, 11) is 0. The summed E-state index contributed by atoms with van der Waals surface area (Å²) in [6, 6.07) is -1.02. The zero-order valence-corrected chi connectivity index (χ0v) is 60.8. The number of carbonyl (C=O) groups is 9. The molecule has 0 radical (unpaired) electrons. The Morgan fingerprint density at radius 3 is 1.02 bits per heavy atom. The topological polar surface area (TPSA) is 262 Å². The fourth-order valence-corrected chi connectivity index (χ4v) is 24.8. The smallest absolute Gasteiger partial charge is 0.306 e. The highest BCUT2D eigenvalue weighted by Crippen LogP contribution is 2.76. The summed E-state index contributed by atoms with van der Waals surface area (Å²) in [4.78, 5) is 113. The van der Waals surface area contributed by atoms with Crippen LogP contribution in [-0.2, 0) is 70.0 Å². The number of ether oxygens (including phenoxy) is 3. The second-order valence-electron chi connectivity index (χ2n) is 31.6. The first-order valence-corrected chi connectivity index (χ1v) is 37.1. The Hall–Kier alpha value is -4.86. The van der Waals surface area contributed by atoms with Crippen molar-refractivity contribution in [2.24, 2.45) is 85.8 Å². The first-order valence-electron chi connectivity index (χ1n) is 34.7. The third kappa shape index (κ3) is 10.7. The molecule has 0 spiro atoms. The van der Waals surface area contributed by atoms with Crippen molar-refractivity contribution in [1.82, 2.24) is 0 Å². The molecule has 0 aromatic rings. The van der Waals surface area contributed by atoms with E-state index >= 15 is 26.3 Å². The van der Waals surface area contributed by atoms with Crippen LogP contribution < -0.4 is 0 Å². The van der Waals surface area contributed by atoms with Gasteiger partial charge < -0.3 is 52.1 Å². The second-order valence-corrected chi connectivity index (χ2v) is 33.7. The molecule has 16 nitrogen and oxygen atoms in total. The van der Waals surface area contributed by atoms with Crippen LogP contribution in [0.4, 0.5) is 30.7 Å². The lowest BCUT2D eigenvalue weighted by molar-refractivity contribution is -0.228. The summed E-state index contributed by atoms with van der Waals surface area (Å²) in [5, 5.41) is 41.6. The average molecular weight is 1480 g/mol. The molecule has 26 heteroatoms. The van der Waals surface area contributed by atoms with Crippen molar-refractivity contribution in [3.05, 3.63) is 71.4 Å². The number of carbonyl (C=O) groups excluding carboxylic acids is 9. The lowest BCUT2D eigenvalue weighted by atomic mass is 9.44. The van der Waals surface area contributed by atoms with Gasteiger partial charge in [0, 0.05) is 87.3 Å². The Balaban J connectivity index is 0.000000176. The van der Waals surface area contributed by atoms with Crippen molar-refractivity contribution in [2.45, 2.75) is 238 Å². The highest BCUT2D eigenvalue weighted by atomic mass is 32.2. The largest absolute Gasteiger partial charge is 0.738 e. The number of fused-ring (bicyclic) bond motifs is 15. The molecule has 4 N–H and O–H groups in total. The molecule has 0 amide bonds. The summed E-state index contributed by atoms with van der Waals surface area (Å²) in [5.74, 6) is -9.96. The molecule has 0 aliphatic heterocycles. The van der Waals surface area contributed by atoms with Crippen LogP contribution in [0.15, 0.2) is 71.4 Å². The summed E-state index contributed by atoms with van der Waals surface area (Å²) in [6.07, 6.45) is 1.08. The Bertz CT molecular complexity index is 3490. The van der Waals surface area contributed by atoms with Crippen LogP contribution in [0.3, 0.4) is 0 Å². The number of thioether (sulfide) groups is 2. The van der Waals surface area contributed by atoms with Gasteiger partial charge in [-0.15, -0.1) is 0 Å². The fourth-order valence-electron chi connectivity index (χ4n) is 22.7. The molecule has 560 valence electrons. The third-order valence-corrected chi connectivity index (χ3v) is 29.2. The minimum absolute atomic E-state index is 0. The number of allylic oxidation sites excluding steroid dienone is 12. The van der Waals surface area contributed by atoms with Gasteiger partial charge in [-0.3, -0.25) is 38.4 Å². The fraction of sp³-hybridized carbons (Fsp3) is 0.720. The Morgan fingerprint density at radius 1 is 0.485 bits per heavy atom. The molecule has 12 rings (SSSR count). The molecular formula is C75H96F7O16S3-. The van der Waals surface area contributed by atoms with Crippen LogP contribution in [0.1, 0.15) is 168 Å². The van der Waals surface area contributed by atoms with Gasteiger partial charge >= 0.3 is 17.9 Å². The molecule has 12 aliphatic rings. The molecule has 101 heavy (non-hydrogen) atoms. The van der Waals surface area contributed by atoms with E-state index in [4.69, 9.17) is 26.8 Å². The molecule has 0 aromatic heterocycles. The van der Waals surface area contributed by atoms with E-state index in [9.17, 15) is 68.0 Å². The van der Waals surface area contributed by atoms with Gasteiger partial charge in [-0.05, 0) is 161 Å². The molecular weight excluding hydrogens is 1390 g/mol. The number of alkyl halides is 7. The number of aliphatic hydroxyl groups is 4. The maximum atomic E-state index is 17.2. The average Bonchev–Trinajstić information content (AvgIpc) is 1.63. The number of aliphatic hydroxyl groups excluding tert-OH is 4. The van der Waals surface area contributed by atoms with Crippen molar-refractivity contribution in [2.75, 3.05) is 11.9 Å². The minimum Gasteiger partial charge on any atom is -0.738 e. The molecule has 12 aliphatic carbocycles. The molecule has 0 saturated heterocycles. The quantitative estimate of drug-likeness (QED) is 0.0492. The highest BCUT2D eigenvalue weighted by molar-refractivity contribution is 8.14. The van der Waals surface area contributed by atoms with Gasteiger partial charge in [0.1, 0.15) is 24.5 Å². The van der Waals surface area contributed by atoms with E-state index in [1.165, 1.54) is 57.2 Å². The predicted molar refractivity (Wildman–Crippen MR) is 364 cm³/mol. The zero-order chi connectivity index (χ0) is 74.4. The summed E-state index contributed by atoms with van der Waals surface area (Å²) < 4.78 is 129. The lowest BCUT2D eigenvalue weighted by Crippen LogP contribution is -2.70. The predicted octanol–water partition coefficient (Wildman–Crippen LogP) is 11.8. The molecule has 0 heterocycles. The summed E-state index contributed by atoms with van der Waals surface area (Å²) >= 11 is 6.09. The van der Waals surface area contributed by atoms with E-state index in [1.54, 1.807) is 62.3 Å². The monoisotopic (exact) mass is 1480 g/mol. The van der Waals surface area contributed by atoms with Gasteiger partial charge in [-0.2, -0.15) is 0 Å². The standard InChI is InChI=1S/C25H31F3O5S.C25H32F2O6S.C24H30F2O5S.CH4/c1-5-20(31)33-25(21(32)34-12-26)13(2)8-15-16-10-18(27)17-9-14(29)6-7-22(17,3)24(16,28)19(30)11-23(15,25)4;1-5-20(31)33-25(21(32)34-12-28)13(2)8-15-16-10-18(26)17-9-14(29)6-7-22(17,3)24(16,27)19(30)11-23(15,25)4;1-5-19(29)31-24(20(30)32)12(2)8-14-15-10-17(25)16-9-13(27)6-7-21(16,3)23(15,26)18(28)11-22(14,24)4;/h6-7,9,13,15-16,18-19,30H,5,8,10-12H2,1-4H3;6-7,9,13,15-16,18-19,28,30H,5,8,10-12H2,1-4H3;6-7,9,12,14-15,17-18,28H,5,8,10-11H2,1-4H3,(H,30,32);1H4/p-1/t2*13-,15+,16?,18+,19+,22+,23+,24+,25+;12-,14+,15?,17+,18+,21+,22+,23+,24+;/m111./s1. The van der Waals surface area contributed by atoms with Gasteiger partial charge in [-0.1, -0.05) is 99.7 Å². The van der Waals surface area contributed by atoms with E-state index in [0.717, 1.165) is 18.2 Å². The highest BCUT2D eigenvalue weighted by Gasteiger charge is 2.82. The van der Waals surface area contributed by atoms with Crippen molar-refractivity contribution >= 4 is 86.8 Å². The molecule has 9 saturated carbocycles. The summed E-state index contributed by atoms with van der Waals surface area (Å²) in [5.41, 5.74) is -20.0. The minimum atomic E-state index is -2.30. The first-order chi connectivity index (χ1) is 46.4. The summed E-state index contributed by atoms with van der Waals surface area (Å²) in [6.45, 7) is 19.6. The molecule has 0 bridgehead atoms. The van der Waals surface area contributed by atoms with Crippen LogP contribution in [0.5, 0.6) is 0 Å². The number of esters is 3. The normalized spacial score (nSPS) is 47.6. The second kappa shape index (κ2) is 27.2. The molecule has 0 aromatic carbocycles. The first kappa shape index (κ1) is 80.2. The van der Waals surface area contributed by atoms with Gasteiger partial charge in [0.25, 0.3) is 0 Å². The van der Waals surface area contributed by atoms with Crippen LogP contribution >= 0.6 is 23.5 Å². The molecule has 9 fully saturated rings. The van der Waals surface area contributed by atoms with E-state index in [2.05, 4.69) is 0 Å². The van der Waals surface area contributed by atoms with E-state index in [1.807, 2.05) is 0 Å². The Kier molecular flexibility index (Phi) is 21.6. The number of halogens is 7. The van der Waals surface area contributed by atoms with Crippen molar-refractivity contribution in [3.63, 3.8) is 0 Å². The Morgan fingerprint density at radius 2 is 0.752 bits per heavy atom. The van der Waals surface area contributed by atoms with Crippen LogP contribution in [0.25, 0.3) is 0 Å². The van der Waals surface area contributed by atoms with Crippen molar-refractivity contribution in [3.8, 4) is 0 Å². The SMILES string of the molecule is C.CCC(=O)O[C@]1(C(=O)SCF)[C@H](C)C[C@H]2C3C[C@H](F)C4=CC(=O)C=C[C@]4(C)[C@@]3(F)[C@@H](O)C[C@@]21C.CCC(=O)O[C@]1(C(=O)SCO)[C@H](C)C[C@H]2C3C[C@H](F)C4=CC(=O)C=C[C@]4(C)[C@@]3(F)[C@@H](O)C[C@@]21C.CCC(=O)O[C@]1(C(=O)[S-])[C@H](C)C[C@H]2C3C[C@H](F)C4=CC(=O)C=C[C@]4(C)[C@@]3(F)[C@@H](O)C[C@@]21C. The third-order valence-electron chi connectivity index (χ3n) is 27.5. The van der Waals surface area contributed by atoms with Crippen molar-refractivity contribution in [1.29, 1.82) is 0 Å². The molecule has 3 unspecified atom stereocenters. The lowest BCUT2D eigenvalue weighted by Gasteiger charge is -2.63. The van der Waals surface area contributed by atoms with Gasteiger partial charge in [-0.25, -0.2) is 30.7 Å². The maximum absolute atomic E-state index is 17.2. The Labute approximate surface area is 599 Å². The number of ketones is 3. The number of hydrogen-bond donors (Lipinski definition) is 4. The van der Waals surface area contributed by atoms with Gasteiger partial charge in [0.05, 0.1) is 29.4 Å². The number of hydrogen-bond acceptors (Lipinski definition) is 19. The van der Waals surface area contributed by atoms with Crippen molar-refractivity contribution < 1.29 is 109 Å². The van der Waals surface area contributed by atoms with E-state index < -0.39 is 219 Å². The van der Waals surface area contributed by atoms with Crippen LogP contribution in [0, 0.1) is 85.8 Å². The van der Waals surface area contributed by atoms with Crippen LogP contribution in [-0.4, -0.2) is 154 Å². The number of rotatable bonds is 11. The van der Waals surface area contributed by atoms with Gasteiger partial charge in [0.15, 0.2) is 51.2 Å². The van der Waals surface area contributed by atoms with E-state index in [0.29, 0.717) is 36.4 Å². The zero-order valence-electron chi connectivity index (χ0n) is 58.3. The van der Waals surface area contributed by atoms with Crippen LogP contribution in [0.2, 0.25) is 0 Å². The van der Waals surface area contributed by atoms with Gasteiger partial charge in [0.2, 0.25) is 10.2 Å². The maximum Gasteiger partial charge on any atom is 0.306 e. The van der Waals surface area contributed by atoms with E-state index in [-0.39, 0.29) is 88.4 Å².